The van der Waals surface area contributed by atoms with Gasteiger partial charge in [-0.1, -0.05) is 18.2 Å². The van der Waals surface area contributed by atoms with Gasteiger partial charge in [-0.15, -0.1) is 0 Å². The highest BCUT2D eigenvalue weighted by Gasteiger charge is 2.42. The number of hydrogen-bond acceptors (Lipinski definition) is 3. The van der Waals surface area contributed by atoms with E-state index in [0.717, 1.165) is 19.4 Å². The van der Waals surface area contributed by atoms with E-state index in [4.69, 9.17) is 0 Å². The van der Waals surface area contributed by atoms with Crippen molar-refractivity contribution in [3.8, 4) is 0 Å². The fourth-order valence-corrected chi connectivity index (χ4v) is 4.38. The van der Waals surface area contributed by atoms with E-state index in [1.165, 1.54) is 11.3 Å². The first kappa shape index (κ1) is 12.9. The van der Waals surface area contributed by atoms with Crippen LogP contribution in [0.25, 0.3) is 0 Å². The van der Waals surface area contributed by atoms with Crippen LogP contribution in [0.5, 0.6) is 0 Å². The largest absolute Gasteiger partial charge is 0.384 e. The Hall–Kier alpha value is -1.07. The molecule has 4 nitrogen and oxygen atoms in total. The average Bonchev–Trinajstić information content (AvgIpc) is 2.79. The first-order valence-corrected chi connectivity index (χ1v) is 8.49. The summed E-state index contributed by atoms with van der Waals surface area (Å²) >= 11 is 0. The Balaban J connectivity index is 1.82. The second-order valence-electron chi connectivity index (χ2n) is 5.48. The third-order valence-electron chi connectivity index (χ3n) is 4.55. The number of anilines is 1. The van der Waals surface area contributed by atoms with Crippen molar-refractivity contribution in [3.63, 3.8) is 0 Å². The lowest BCUT2D eigenvalue weighted by Crippen LogP contribution is -2.46. The van der Waals surface area contributed by atoms with E-state index < -0.39 is 10.0 Å². The number of para-hydroxylation sites is 1. The Bertz CT molecular complexity index is 575. The van der Waals surface area contributed by atoms with E-state index in [2.05, 4.69) is 23.5 Å². The van der Waals surface area contributed by atoms with E-state index in [9.17, 15) is 8.42 Å². The van der Waals surface area contributed by atoms with Crippen LogP contribution < -0.4 is 5.32 Å². The first-order valence-electron chi connectivity index (χ1n) is 6.89. The SMILES string of the molecule is CCS(=O)(=O)N1CCC2(CC1)CNc1ccccc12. The lowest BCUT2D eigenvalue weighted by molar-refractivity contribution is 0.249. The lowest BCUT2D eigenvalue weighted by Gasteiger charge is -2.38. The van der Waals surface area contributed by atoms with Crippen molar-refractivity contribution in [2.24, 2.45) is 0 Å². The monoisotopic (exact) mass is 280 g/mol. The van der Waals surface area contributed by atoms with Crippen LogP contribution in [-0.4, -0.2) is 38.1 Å². The summed E-state index contributed by atoms with van der Waals surface area (Å²) in [6.45, 7) is 3.94. The highest BCUT2D eigenvalue weighted by atomic mass is 32.2. The van der Waals surface area contributed by atoms with Gasteiger partial charge in [-0.2, -0.15) is 0 Å². The summed E-state index contributed by atoms with van der Waals surface area (Å²) in [6, 6.07) is 8.41. The summed E-state index contributed by atoms with van der Waals surface area (Å²) in [5, 5.41) is 3.46. The summed E-state index contributed by atoms with van der Waals surface area (Å²) in [5.74, 6) is 0.203. The quantitative estimate of drug-likeness (QED) is 0.898. The van der Waals surface area contributed by atoms with Gasteiger partial charge in [0.05, 0.1) is 5.75 Å². The maximum Gasteiger partial charge on any atom is 0.213 e. The van der Waals surface area contributed by atoms with Crippen molar-refractivity contribution in [2.75, 3.05) is 30.7 Å². The molecule has 19 heavy (non-hydrogen) atoms. The molecule has 5 heteroatoms. The Labute approximate surface area is 114 Å². The number of nitrogens with zero attached hydrogens (tertiary/aromatic N) is 1. The van der Waals surface area contributed by atoms with E-state index in [0.29, 0.717) is 13.1 Å². The standard InChI is InChI=1S/C14H20N2O2S/c1-2-19(17,18)16-9-7-14(8-10-16)11-15-13-6-4-3-5-12(13)14/h3-6,15H,2,7-11H2,1H3. The van der Waals surface area contributed by atoms with Crippen molar-refractivity contribution in [3.05, 3.63) is 29.8 Å². The maximum atomic E-state index is 11.9. The minimum absolute atomic E-state index is 0.135. The van der Waals surface area contributed by atoms with Gasteiger partial charge in [-0.25, -0.2) is 12.7 Å². The molecule has 2 aliphatic heterocycles. The number of sulfonamides is 1. The summed E-state index contributed by atoms with van der Waals surface area (Å²) in [6.07, 6.45) is 1.83. The van der Waals surface area contributed by atoms with Crippen LogP contribution in [0.15, 0.2) is 24.3 Å². The number of nitrogens with one attached hydrogen (secondary N) is 1. The van der Waals surface area contributed by atoms with Crippen LogP contribution in [0.1, 0.15) is 25.3 Å². The van der Waals surface area contributed by atoms with Gasteiger partial charge in [0.25, 0.3) is 0 Å². The predicted molar refractivity (Wildman–Crippen MR) is 76.9 cm³/mol. The molecule has 1 saturated heterocycles. The Morgan fingerprint density at radius 3 is 2.63 bits per heavy atom. The second kappa shape index (κ2) is 4.49. The molecule has 0 radical (unpaired) electrons. The van der Waals surface area contributed by atoms with Crippen molar-refractivity contribution in [1.29, 1.82) is 0 Å². The van der Waals surface area contributed by atoms with Crippen LogP contribution in [-0.2, 0) is 15.4 Å². The summed E-state index contributed by atoms with van der Waals surface area (Å²) in [7, 11) is -3.03. The minimum Gasteiger partial charge on any atom is -0.384 e. The number of piperidine rings is 1. The minimum atomic E-state index is -3.03. The smallest absolute Gasteiger partial charge is 0.213 e. The second-order valence-corrected chi connectivity index (χ2v) is 7.74. The molecular weight excluding hydrogens is 260 g/mol. The van der Waals surface area contributed by atoms with Crippen molar-refractivity contribution >= 4 is 15.7 Å². The molecule has 104 valence electrons. The molecule has 1 aromatic rings. The molecule has 0 unspecified atom stereocenters. The number of rotatable bonds is 2. The molecule has 1 N–H and O–H groups in total. The van der Waals surface area contributed by atoms with Gasteiger partial charge in [0.15, 0.2) is 0 Å². The maximum absolute atomic E-state index is 11.9. The highest BCUT2D eigenvalue weighted by molar-refractivity contribution is 7.89. The van der Waals surface area contributed by atoms with E-state index in [1.54, 1.807) is 11.2 Å². The summed E-state index contributed by atoms with van der Waals surface area (Å²) in [5.41, 5.74) is 2.72. The van der Waals surface area contributed by atoms with Crippen LogP contribution in [0.4, 0.5) is 5.69 Å². The summed E-state index contributed by atoms with van der Waals surface area (Å²) in [4.78, 5) is 0. The normalized spacial score (nSPS) is 22.2. The van der Waals surface area contributed by atoms with E-state index in [1.807, 2.05) is 6.07 Å². The lowest BCUT2D eigenvalue weighted by atomic mass is 9.75. The molecule has 0 aromatic heterocycles. The van der Waals surface area contributed by atoms with Gasteiger partial charge in [0.1, 0.15) is 0 Å². The third kappa shape index (κ3) is 2.05. The number of benzene rings is 1. The molecule has 0 bridgehead atoms. The molecule has 3 rings (SSSR count). The number of hydrogen-bond donors (Lipinski definition) is 1. The topological polar surface area (TPSA) is 49.4 Å². The molecule has 0 atom stereocenters. The number of fused-ring (bicyclic) bond motifs is 2. The predicted octanol–water partition coefficient (Wildman–Crippen LogP) is 1.80. The highest BCUT2D eigenvalue weighted by Crippen LogP contribution is 2.44. The Morgan fingerprint density at radius 1 is 1.26 bits per heavy atom. The van der Waals surface area contributed by atoms with E-state index >= 15 is 0 Å². The molecule has 0 amide bonds. The molecule has 0 aliphatic carbocycles. The van der Waals surface area contributed by atoms with Crippen molar-refractivity contribution in [2.45, 2.75) is 25.2 Å². The average molecular weight is 280 g/mol. The molecule has 2 heterocycles. The van der Waals surface area contributed by atoms with Crippen molar-refractivity contribution in [1.82, 2.24) is 4.31 Å². The molecule has 2 aliphatic rings. The molecular formula is C14H20N2O2S. The van der Waals surface area contributed by atoms with Gasteiger partial charge >= 0.3 is 0 Å². The summed E-state index contributed by atoms with van der Waals surface area (Å²) < 4.78 is 25.5. The third-order valence-corrected chi connectivity index (χ3v) is 6.43. The van der Waals surface area contributed by atoms with Gasteiger partial charge in [0.2, 0.25) is 10.0 Å². The van der Waals surface area contributed by atoms with E-state index in [-0.39, 0.29) is 11.2 Å². The Kier molecular flexibility index (Phi) is 3.06. The fraction of sp³-hybridized carbons (Fsp3) is 0.571. The molecule has 1 spiro atoms. The van der Waals surface area contributed by atoms with Gasteiger partial charge in [-0.3, -0.25) is 0 Å². The Morgan fingerprint density at radius 2 is 1.95 bits per heavy atom. The van der Waals surface area contributed by atoms with Gasteiger partial charge < -0.3 is 5.32 Å². The zero-order valence-electron chi connectivity index (χ0n) is 11.2. The van der Waals surface area contributed by atoms with Crippen LogP contribution in [0, 0.1) is 0 Å². The zero-order valence-corrected chi connectivity index (χ0v) is 12.0. The molecule has 1 aromatic carbocycles. The van der Waals surface area contributed by atoms with Crippen LogP contribution >= 0.6 is 0 Å². The van der Waals surface area contributed by atoms with Crippen molar-refractivity contribution < 1.29 is 8.42 Å². The van der Waals surface area contributed by atoms with Gasteiger partial charge in [-0.05, 0) is 31.4 Å². The van der Waals surface area contributed by atoms with Crippen LogP contribution in [0.3, 0.4) is 0 Å². The molecule has 0 saturated carbocycles. The van der Waals surface area contributed by atoms with Gasteiger partial charge in [0, 0.05) is 30.7 Å². The first-order chi connectivity index (χ1) is 9.07. The van der Waals surface area contributed by atoms with Crippen LogP contribution in [0.2, 0.25) is 0 Å². The fourth-order valence-electron chi connectivity index (χ4n) is 3.28. The zero-order chi connectivity index (χ0) is 13.5. The molecule has 1 fully saturated rings.